The van der Waals surface area contributed by atoms with Crippen LogP contribution in [-0.2, 0) is 11.3 Å². The van der Waals surface area contributed by atoms with Gasteiger partial charge in [0.05, 0.1) is 18.2 Å². The summed E-state index contributed by atoms with van der Waals surface area (Å²) in [4.78, 5) is 10.6. The van der Waals surface area contributed by atoms with E-state index >= 15 is 0 Å². The van der Waals surface area contributed by atoms with Crippen molar-refractivity contribution in [3.8, 4) is 17.6 Å². The quantitative estimate of drug-likeness (QED) is 0.569. The Bertz CT molecular complexity index is 839. The number of carbonyl (C=O) groups is 1. The average molecular weight is 354 g/mol. The second-order valence-electron chi connectivity index (χ2n) is 5.30. The van der Waals surface area contributed by atoms with Gasteiger partial charge in [-0.25, -0.2) is 0 Å². The Kier molecular flexibility index (Phi) is 6.01. The number of para-hydroxylation sites is 1. The Hall–Kier alpha value is -3.73. The van der Waals surface area contributed by atoms with Crippen molar-refractivity contribution in [1.82, 2.24) is 0 Å². The van der Waals surface area contributed by atoms with Crippen LogP contribution < -0.4 is 20.1 Å². The van der Waals surface area contributed by atoms with Crippen LogP contribution >= 0.6 is 0 Å². The first-order chi connectivity index (χ1) is 12.4. The predicted molar refractivity (Wildman–Crippen MR) is 95.1 cm³/mol. The smallest absolute Gasteiger partial charge is 0.300 e. The van der Waals surface area contributed by atoms with E-state index in [4.69, 9.17) is 35.8 Å². The van der Waals surface area contributed by atoms with Gasteiger partial charge in [-0.2, -0.15) is 5.26 Å². The molecule has 0 spiro atoms. The fourth-order valence-corrected chi connectivity index (χ4v) is 2.32. The number of guanidine groups is 1. The highest BCUT2D eigenvalue weighted by Crippen LogP contribution is 2.36. The van der Waals surface area contributed by atoms with E-state index in [1.807, 2.05) is 18.2 Å². The zero-order valence-corrected chi connectivity index (χ0v) is 14.1. The Balaban J connectivity index is 0.000000552. The van der Waals surface area contributed by atoms with Crippen LogP contribution in [0.25, 0.3) is 0 Å². The summed E-state index contributed by atoms with van der Waals surface area (Å²) in [6, 6.07) is 14.6. The fourth-order valence-electron chi connectivity index (χ4n) is 2.32. The van der Waals surface area contributed by atoms with Crippen molar-refractivity contribution in [2.45, 2.75) is 13.5 Å². The molecule has 2 aromatic rings. The van der Waals surface area contributed by atoms with Gasteiger partial charge < -0.3 is 25.2 Å². The first-order valence-electron chi connectivity index (χ1n) is 7.61. The highest BCUT2D eigenvalue weighted by molar-refractivity contribution is 5.92. The molecule has 0 saturated heterocycles. The van der Waals surface area contributed by atoms with Crippen molar-refractivity contribution in [2.75, 3.05) is 11.7 Å². The lowest BCUT2D eigenvalue weighted by atomic mass is 10.1. The van der Waals surface area contributed by atoms with Gasteiger partial charge in [-0.15, -0.1) is 0 Å². The van der Waals surface area contributed by atoms with Gasteiger partial charge in [-0.1, -0.05) is 12.1 Å². The standard InChI is InChI=1S/C16H14N4O2.C2H4O2/c17-8-11-4-6-13(7-5-11)20(16(18)19)9-12-2-1-3-14-15(12)22-10-21-14;1-2(3)4/h1-7H,9-10H2,(H3,18,19);1H3,(H,3,4). The summed E-state index contributed by atoms with van der Waals surface area (Å²) in [5.41, 5.74) is 7.89. The number of anilines is 1. The summed E-state index contributed by atoms with van der Waals surface area (Å²) in [6.45, 7) is 1.66. The van der Waals surface area contributed by atoms with Gasteiger partial charge in [0.2, 0.25) is 6.79 Å². The first-order valence-corrected chi connectivity index (χ1v) is 7.61. The van der Waals surface area contributed by atoms with E-state index in [-0.39, 0.29) is 12.8 Å². The van der Waals surface area contributed by atoms with Gasteiger partial charge in [0.1, 0.15) is 0 Å². The molecule has 0 unspecified atom stereocenters. The van der Waals surface area contributed by atoms with Crippen molar-refractivity contribution >= 4 is 17.6 Å². The van der Waals surface area contributed by atoms with E-state index in [0.29, 0.717) is 23.6 Å². The zero-order valence-electron chi connectivity index (χ0n) is 14.1. The van der Waals surface area contributed by atoms with Crippen molar-refractivity contribution < 1.29 is 19.4 Å². The third kappa shape index (κ3) is 4.64. The van der Waals surface area contributed by atoms with Crippen molar-refractivity contribution in [3.05, 3.63) is 53.6 Å². The maximum Gasteiger partial charge on any atom is 0.300 e. The summed E-state index contributed by atoms with van der Waals surface area (Å²) < 4.78 is 10.8. The molecule has 0 atom stereocenters. The van der Waals surface area contributed by atoms with Gasteiger partial charge in [0.15, 0.2) is 17.5 Å². The molecule has 0 saturated carbocycles. The Morgan fingerprint density at radius 2 is 1.96 bits per heavy atom. The van der Waals surface area contributed by atoms with Crippen LogP contribution in [0.15, 0.2) is 42.5 Å². The normalized spacial score (nSPS) is 10.9. The van der Waals surface area contributed by atoms with Gasteiger partial charge in [0, 0.05) is 18.2 Å². The number of hydrogen-bond acceptors (Lipinski definition) is 5. The number of nitriles is 1. The molecule has 1 aliphatic rings. The SMILES string of the molecule is CC(=O)O.N#Cc1ccc(N(Cc2cccc3c2OCO3)C(=N)N)cc1. The molecule has 8 nitrogen and oxygen atoms in total. The van der Waals surface area contributed by atoms with Gasteiger partial charge in [-0.3, -0.25) is 10.2 Å². The summed E-state index contributed by atoms with van der Waals surface area (Å²) in [5, 5.41) is 24.1. The number of hydrogen-bond donors (Lipinski definition) is 3. The Morgan fingerprint density at radius 3 is 2.54 bits per heavy atom. The molecule has 134 valence electrons. The zero-order chi connectivity index (χ0) is 19.1. The minimum atomic E-state index is -0.833. The molecule has 0 aliphatic carbocycles. The maximum atomic E-state index is 9.00. The van der Waals surface area contributed by atoms with Crippen LogP contribution in [0.3, 0.4) is 0 Å². The molecule has 0 amide bonds. The Labute approximate surface area is 150 Å². The molecule has 0 fully saturated rings. The number of nitrogens with zero attached hydrogens (tertiary/aromatic N) is 2. The van der Waals surface area contributed by atoms with Crippen molar-refractivity contribution in [3.63, 3.8) is 0 Å². The van der Waals surface area contributed by atoms with Crippen LogP contribution in [-0.4, -0.2) is 23.8 Å². The van der Waals surface area contributed by atoms with E-state index in [2.05, 4.69) is 6.07 Å². The number of benzene rings is 2. The molecule has 3 rings (SSSR count). The van der Waals surface area contributed by atoms with E-state index in [9.17, 15) is 0 Å². The fraction of sp³-hybridized carbons (Fsp3) is 0.167. The minimum Gasteiger partial charge on any atom is -0.481 e. The molecule has 1 heterocycles. The number of aliphatic carboxylic acids is 1. The lowest BCUT2D eigenvalue weighted by molar-refractivity contribution is -0.134. The molecule has 0 radical (unpaired) electrons. The second kappa shape index (κ2) is 8.39. The molecule has 4 N–H and O–H groups in total. The van der Waals surface area contributed by atoms with Crippen LogP contribution in [0.1, 0.15) is 18.1 Å². The highest BCUT2D eigenvalue weighted by Gasteiger charge is 2.20. The predicted octanol–water partition coefficient (Wildman–Crippen LogP) is 2.28. The van der Waals surface area contributed by atoms with Crippen LogP contribution in [0.2, 0.25) is 0 Å². The number of carboxylic acids is 1. The van der Waals surface area contributed by atoms with E-state index in [1.54, 1.807) is 29.2 Å². The number of fused-ring (bicyclic) bond motifs is 1. The first kappa shape index (κ1) is 18.6. The second-order valence-corrected chi connectivity index (χ2v) is 5.30. The topological polar surface area (TPSA) is 133 Å². The van der Waals surface area contributed by atoms with Gasteiger partial charge in [0.25, 0.3) is 5.97 Å². The third-order valence-corrected chi connectivity index (χ3v) is 3.41. The van der Waals surface area contributed by atoms with Crippen LogP contribution in [0.4, 0.5) is 5.69 Å². The number of nitrogens with one attached hydrogen (secondary N) is 1. The molecule has 1 aliphatic heterocycles. The maximum absolute atomic E-state index is 9.00. The molecule has 0 aromatic heterocycles. The van der Waals surface area contributed by atoms with Gasteiger partial charge >= 0.3 is 0 Å². The third-order valence-electron chi connectivity index (χ3n) is 3.41. The molecule has 2 aromatic carbocycles. The largest absolute Gasteiger partial charge is 0.481 e. The number of carboxylic acid groups (broad SMARTS) is 1. The molecule has 26 heavy (non-hydrogen) atoms. The monoisotopic (exact) mass is 354 g/mol. The highest BCUT2D eigenvalue weighted by atomic mass is 16.7. The van der Waals surface area contributed by atoms with E-state index in [0.717, 1.165) is 18.2 Å². The lowest BCUT2D eigenvalue weighted by Crippen LogP contribution is -2.36. The lowest BCUT2D eigenvalue weighted by Gasteiger charge is -2.23. The summed E-state index contributed by atoms with van der Waals surface area (Å²) in [6.07, 6.45) is 0. The molecular formula is C18H18N4O4. The Morgan fingerprint density at radius 1 is 1.31 bits per heavy atom. The summed E-state index contributed by atoms with van der Waals surface area (Å²) in [7, 11) is 0. The van der Waals surface area contributed by atoms with E-state index < -0.39 is 5.97 Å². The van der Waals surface area contributed by atoms with Crippen LogP contribution in [0.5, 0.6) is 11.5 Å². The minimum absolute atomic E-state index is 0.0822. The number of rotatable bonds is 3. The van der Waals surface area contributed by atoms with Gasteiger partial charge in [-0.05, 0) is 30.3 Å². The number of ether oxygens (including phenoxy) is 2. The van der Waals surface area contributed by atoms with Crippen molar-refractivity contribution in [1.29, 1.82) is 10.7 Å². The average Bonchev–Trinajstić information content (AvgIpc) is 3.08. The van der Waals surface area contributed by atoms with Crippen LogP contribution in [0, 0.1) is 16.7 Å². The molecular weight excluding hydrogens is 336 g/mol. The molecule has 8 heteroatoms. The summed E-state index contributed by atoms with van der Waals surface area (Å²) >= 11 is 0. The summed E-state index contributed by atoms with van der Waals surface area (Å²) in [5.74, 6) is 0.462. The molecule has 0 bridgehead atoms. The van der Waals surface area contributed by atoms with Crippen molar-refractivity contribution in [2.24, 2.45) is 5.73 Å². The van der Waals surface area contributed by atoms with E-state index in [1.165, 1.54) is 0 Å². The number of nitrogens with two attached hydrogens (primary N) is 1.